The minimum atomic E-state index is -0.483. The van der Waals surface area contributed by atoms with Crippen molar-refractivity contribution < 1.29 is 19.0 Å². The maximum absolute atomic E-state index is 12.4. The molecule has 2 aromatic carbocycles. The average molecular weight is 442 g/mol. The van der Waals surface area contributed by atoms with Gasteiger partial charge in [-0.05, 0) is 73.1 Å². The molecule has 164 valence electrons. The first-order valence-electron chi connectivity index (χ1n) is 10.2. The Kier molecular flexibility index (Phi) is 8.23. The molecule has 1 fully saturated rings. The Morgan fingerprint density at radius 3 is 2.45 bits per heavy atom. The molecule has 0 atom stereocenters. The van der Waals surface area contributed by atoms with Crippen molar-refractivity contribution in [3.05, 3.63) is 53.6 Å². The largest absolute Gasteiger partial charge is 0.497 e. The van der Waals surface area contributed by atoms with E-state index in [9.17, 15) is 4.79 Å². The second kappa shape index (κ2) is 11.3. The minimum absolute atomic E-state index is 0.322. The molecule has 0 amide bonds. The SMILES string of the molecule is COc1ccc(C(=O)Oc2ccc(/C=N/NC(=S)NC3CCCCC3)cc2OC)cc1. The molecule has 0 unspecified atom stereocenters. The number of carbonyl (C=O) groups excluding carboxylic acids is 1. The lowest BCUT2D eigenvalue weighted by Crippen LogP contribution is -2.40. The van der Waals surface area contributed by atoms with E-state index in [2.05, 4.69) is 15.8 Å². The third-order valence-electron chi connectivity index (χ3n) is 5.04. The fourth-order valence-electron chi connectivity index (χ4n) is 3.36. The summed E-state index contributed by atoms with van der Waals surface area (Å²) in [5.74, 6) is 0.930. The number of nitrogens with one attached hydrogen (secondary N) is 2. The van der Waals surface area contributed by atoms with Crippen molar-refractivity contribution in [2.24, 2.45) is 5.10 Å². The maximum atomic E-state index is 12.4. The number of esters is 1. The number of methoxy groups -OCH3 is 2. The molecule has 0 saturated heterocycles. The van der Waals surface area contributed by atoms with Crippen LogP contribution in [-0.4, -0.2) is 37.6 Å². The molecular weight excluding hydrogens is 414 g/mol. The Hall–Kier alpha value is -3.13. The molecule has 2 aromatic rings. The highest BCUT2D eigenvalue weighted by molar-refractivity contribution is 7.80. The molecule has 1 saturated carbocycles. The van der Waals surface area contributed by atoms with Crippen LogP contribution in [-0.2, 0) is 0 Å². The van der Waals surface area contributed by atoms with Gasteiger partial charge in [-0.2, -0.15) is 5.10 Å². The van der Waals surface area contributed by atoms with Gasteiger partial charge in [0.25, 0.3) is 0 Å². The highest BCUT2D eigenvalue weighted by Gasteiger charge is 2.14. The highest BCUT2D eigenvalue weighted by Crippen LogP contribution is 2.28. The van der Waals surface area contributed by atoms with Crippen molar-refractivity contribution in [2.75, 3.05) is 14.2 Å². The molecule has 7 nitrogen and oxygen atoms in total. The minimum Gasteiger partial charge on any atom is -0.497 e. The van der Waals surface area contributed by atoms with Crippen LogP contribution in [0.2, 0.25) is 0 Å². The third-order valence-corrected chi connectivity index (χ3v) is 5.25. The Labute approximate surface area is 187 Å². The number of hydrogen-bond acceptors (Lipinski definition) is 6. The van der Waals surface area contributed by atoms with Gasteiger partial charge in [0.15, 0.2) is 16.6 Å². The first-order chi connectivity index (χ1) is 15.1. The molecule has 0 heterocycles. The molecule has 0 aliphatic heterocycles. The lowest BCUT2D eigenvalue weighted by molar-refractivity contribution is 0.0729. The quantitative estimate of drug-likeness (QED) is 0.221. The summed E-state index contributed by atoms with van der Waals surface area (Å²) in [5.41, 5.74) is 4.03. The summed E-state index contributed by atoms with van der Waals surface area (Å²) in [6.07, 6.45) is 7.67. The molecule has 2 N–H and O–H groups in total. The van der Waals surface area contributed by atoms with Crippen LogP contribution in [0.4, 0.5) is 0 Å². The Morgan fingerprint density at radius 1 is 1.03 bits per heavy atom. The van der Waals surface area contributed by atoms with Crippen LogP contribution in [0.25, 0.3) is 0 Å². The number of hydrogen-bond donors (Lipinski definition) is 2. The van der Waals surface area contributed by atoms with E-state index in [0.717, 1.165) is 18.4 Å². The predicted octanol–water partition coefficient (Wildman–Crippen LogP) is 4.05. The van der Waals surface area contributed by atoms with Crippen LogP contribution in [0, 0.1) is 0 Å². The molecule has 0 radical (unpaired) electrons. The molecular formula is C23H27N3O4S. The van der Waals surface area contributed by atoms with Crippen LogP contribution in [0.5, 0.6) is 17.2 Å². The van der Waals surface area contributed by atoms with Crippen molar-refractivity contribution in [1.82, 2.24) is 10.7 Å². The lowest BCUT2D eigenvalue weighted by Gasteiger charge is -2.23. The van der Waals surface area contributed by atoms with E-state index in [4.69, 9.17) is 26.4 Å². The Bertz CT molecular complexity index is 925. The van der Waals surface area contributed by atoms with E-state index in [0.29, 0.717) is 34.0 Å². The van der Waals surface area contributed by atoms with Gasteiger partial charge in [-0.3, -0.25) is 5.43 Å². The summed E-state index contributed by atoms with van der Waals surface area (Å²) in [6.45, 7) is 0. The first-order valence-corrected chi connectivity index (χ1v) is 10.6. The van der Waals surface area contributed by atoms with Crippen LogP contribution in [0.15, 0.2) is 47.6 Å². The van der Waals surface area contributed by atoms with Crippen LogP contribution < -0.4 is 25.0 Å². The Balaban J connectivity index is 1.57. The Morgan fingerprint density at radius 2 is 1.77 bits per heavy atom. The fraction of sp³-hybridized carbons (Fsp3) is 0.348. The summed E-state index contributed by atoms with van der Waals surface area (Å²) < 4.78 is 16.0. The summed E-state index contributed by atoms with van der Waals surface area (Å²) in [4.78, 5) is 12.4. The van der Waals surface area contributed by atoms with Crippen LogP contribution in [0.3, 0.4) is 0 Å². The van der Waals surface area contributed by atoms with E-state index >= 15 is 0 Å². The fourth-order valence-corrected chi connectivity index (χ4v) is 3.58. The van der Waals surface area contributed by atoms with Crippen LogP contribution >= 0.6 is 12.2 Å². The number of hydrazone groups is 1. The second-order valence-electron chi connectivity index (χ2n) is 7.21. The van der Waals surface area contributed by atoms with Gasteiger partial charge in [0.05, 0.1) is 26.0 Å². The lowest BCUT2D eigenvalue weighted by atomic mass is 9.96. The standard InChI is InChI=1S/C23H27N3O4S/c1-28-19-11-9-17(10-12-19)22(27)30-20-13-8-16(14-21(20)29-2)15-24-26-23(31)25-18-6-4-3-5-7-18/h8-15,18H,3-7H2,1-2H3,(H2,25,26,31)/b24-15+. The van der Waals surface area contributed by atoms with E-state index in [1.807, 2.05) is 0 Å². The molecule has 0 aromatic heterocycles. The summed E-state index contributed by atoms with van der Waals surface area (Å²) in [5, 5.41) is 7.99. The van der Waals surface area contributed by atoms with E-state index < -0.39 is 5.97 Å². The molecule has 0 spiro atoms. The molecule has 31 heavy (non-hydrogen) atoms. The second-order valence-corrected chi connectivity index (χ2v) is 7.61. The molecule has 8 heteroatoms. The number of thiocarbonyl (C=S) groups is 1. The summed E-state index contributed by atoms with van der Waals surface area (Å²) in [6, 6.07) is 12.3. The van der Waals surface area contributed by atoms with Crippen molar-refractivity contribution in [1.29, 1.82) is 0 Å². The van der Waals surface area contributed by atoms with Gasteiger partial charge in [-0.25, -0.2) is 4.79 Å². The number of nitrogens with zero attached hydrogens (tertiary/aromatic N) is 1. The van der Waals surface area contributed by atoms with Gasteiger partial charge in [-0.1, -0.05) is 19.3 Å². The zero-order valence-corrected chi connectivity index (χ0v) is 18.5. The highest BCUT2D eigenvalue weighted by atomic mass is 32.1. The van der Waals surface area contributed by atoms with Crippen LogP contribution in [0.1, 0.15) is 48.0 Å². The summed E-state index contributed by atoms with van der Waals surface area (Å²) in [7, 11) is 3.09. The number of benzene rings is 2. The number of ether oxygens (including phenoxy) is 3. The average Bonchev–Trinajstić information content (AvgIpc) is 2.80. The monoisotopic (exact) mass is 441 g/mol. The molecule has 1 aliphatic carbocycles. The van der Waals surface area contributed by atoms with Gasteiger partial charge < -0.3 is 19.5 Å². The van der Waals surface area contributed by atoms with Gasteiger partial charge in [0.1, 0.15) is 5.75 Å². The summed E-state index contributed by atoms with van der Waals surface area (Å²) >= 11 is 5.30. The van der Waals surface area contributed by atoms with Crippen molar-refractivity contribution in [2.45, 2.75) is 38.1 Å². The predicted molar refractivity (Wildman–Crippen MR) is 124 cm³/mol. The van der Waals surface area contributed by atoms with E-state index in [-0.39, 0.29) is 0 Å². The molecule has 1 aliphatic rings. The van der Waals surface area contributed by atoms with Gasteiger partial charge in [-0.15, -0.1) is 0 Å². The van der Waals surface area contributed by atoms with Gasteiger partial charge in [0.2, 0.25) is 0 Å². The van der Waals surface area contributed by atoms with Crippen molar-refractivity contribution in [3.8, 4) is 17.2 Å². The van der Waals surface area contributed by atoms with Crippen molar-refractivity contribution in [3.63, 3.8) is 0 Å². The first kappa shape index (κ1) is 22.6. The topological polar surface area (TPSA) is 81.2 Å². The zero-order chi connectivity index (χ0) is 22.1. The van der Waals surface area contributed by atoms with Gasteiger partial charge >= 0.3 is 5.97 Å². The normalized spacial score (nSPS) is 14.1. The third kappa shape index (κ3) is 6.68. The van der Waals surface area contributed by atoms with Crippen molar-refractivity contribution >= 4 is 29.5 Å². The maximum Gasteiger partial charge on any atom is 0.343 e. The zero-order valence-electron chi connectivity index (χ0n) is 17.7. The number of carbonyl (C=O) groups is 1. The molecule has 3 rings (SSSR count). The van der Waals surface area contributed by atoms with E-state index in [1.54, 1.807) is 55.8 Å². The smallest absolute Gasteiger partial charge is 0.343 e. The van der Waals surface area contributed by atoms with Gasteiger partial charge in [0, 0.05) is 6.04 Å². The van der Waals surface area contributed by atoms with E-state index in [1.165, 1.54) is 26.4 Å². The number of rotatable bonds is 7. The molecule has 0 bridgehead atoms.